The monoisotopic (exact) mass is 477 g/mol. The van der Waals surface area contributed by atoms with Crippen LogP contribution in [0.3, 0.4) is 0 Å². The summed E-state index contributed by atoms with van der Waals surface area (Å²) >= 11 is 0. The second kappa shape index (κ2) is 9.77. The Morgan fingerprint density at radius 2 is 1.77 bits per heavy atom. The molecule has 184 valence electrons. The third kappa shape index (κ3) is 4.84. The van der Waals surface area contributed by atoms with Crippen LogP contribution in [0.4, 0.5) is 11.4 Å². The van der Waals surface area contributed by atoms with Crippen molar-refractivity contribution in [1.29, 1.82) is 0 Å². The van der Waals surface area contributed by atoms with E-state index in [0.717, 1.165) is 16.8 Å². The van der Waals surface area contributed by atoms with Crippen LogP contribution in [0.1, 0.15) is 54.1 Å². The number of anilines is 2. The molecule has 2 aromatic rings. The zero-order valence-electron chi connectivity index (χ0n) is 20.3. The van der Waals surface area contributed by atoms with Crippen molar-refractivity contribution in [2.75, 3.05) is 23.3 Å². The third-order valence-electron chi connectivity index (χ3n) is 6.69. The molecule has 35 heavy (non-hydrogen) atoms. The van der Waals surface area contributed by atoms with Crippen LogP contribution in [0.2, 0.25) is 0 Å². The lowest BCUT2D eigenvalue weighted by Crippen LogP contribution is -2.62. The van der Waals surface area contributed by atoms with Crippen molar-refractivity contribution in [3.05, 3.63) is 59.2 Å². The third-order valence-corrected chi connectivity index (χ3v) is 6.69. The summed E-state index contributed by atoms with van der Waals surface area (Å²) in [7, 11) is 0. The molecule has 9 nitrogen and oxygen atoms in total. The largest absolute Gasteiger partial charge is 0.376 e. The summed E-state index contributed by atoms with van der Waals surface area (Å²) in [5.41, 5.74) is 8.27. The number of hydrazine groups is 1. The number of carbonyl (C=O) groups excluding carboxylic acids is 4. The van der Waals surface area contributed by atoms with Gasteiger partial charge in [-0.05, 0) is 57.4 Å². The number of rotatable bonds is 7. The van der Waals surface area contributed by atoms with Crippen molar-refractivity contribution in [3.63, 3.8) is 0 Å². The van der Waals surface area contributed by atoms with E-state index < -0.39 is 5.66 Å². The van der Waals surface area contributed by atoms with Gasteiger partial charge in [-0.2, -0.15) is 0 Å². The molecule has 0 bridgehead atoms. The normalized spacial score (nSPS) is 18.7. The molecule has 0 aromatic heterocycles. The molecule has 2 aromatic carbocycles. The van der Waals surface area contributed by atoms with Crippen LogP contribution in [0.5, 0.6) is 0 Å². The molecule has 4 amide bonds. The highest BCUT2D eigenvalue weighted by Gasteiger charge is 2.52. The summed E-state index contributed by atoms with van der Waals surface area (Å²) in [6, 6.07) is 13.0. The maximum absolute atomic E-state index is 13.2. The number of nitrogens with one attached hydrogen (secondary N) is 3. The van der Waals surface area contributed by atoms with Crippen molar-refractivity contribution < 1.29 is 19.2 Å². The van der Waals surface area contributed by atoms with E-state index in [1.54, 1.807) is 28.0 Å². The van der Waals surface area contributed by atoms with E-state index in [1.165, 1.54) is 0 Å². The Balaban J connectivity index is 1.27. The molecule has 2 aliphatic heterocycles. The molecule has 1 atom stereocenters. The van der Waals surface area contributed by atoms with Crippen LogP contribution in [-0.2, 0) is 14.4 Å². The number of amides is 4. The van der Waals surface area contributed by atoms with Crippen molar-refractivity contribution >= 4 is 35.0 Å². The number of nitrogens with zero attached hydrogens (tertiary/aromatic N) is 2. The smallest absolute Gasteiger partial charge is 0.257 e. The van der Waals surface area contributed by atoms with E-state index >= 15 is 0 Å². The Bertz CT molecular complexity index is 1180. The molecular weight excluding hydrogens is 446 g/mol. The molecule has 0 spiro atoms. The number of hydrogen-bond acceptors (Lipinski definition) is 5. The fourth-order valence-electron chi connectivity index (χ4n) is 4.87. The van der Waals surface area contributed by atoms with Gasteiger partial charge in [-0.1, -0.05) is 29.8 Å². The van der Waals surface area contributed by atoms with Crippen LogP contribution in [-0.4, -0.2) is 47.3 Å². The van der Waals surface area contributed by atoms with Crippen LogP contribution < -0.4 is 21.1 Å². The van der Waals surface area contributed by atoms with E-state index in [1.807, 2.05) is 45.0 Å². The van der Waals surface area contributed by atoms with Gasteiger partial charge >= 0.3 is 0 Å². The number of hydrogen-bond donors (Lipinski definition) is 3. The Morgan fingerprint density at radius 3 is 2.54 bits per heavy atom. The maximum atomic E-state index is 13.2. The zero-order chi connectivity index (χ0) is 25.2. The second-order valence-corrected chi connectivity index (χ2v) is 9.29. The van der Waals surface area contributed by atoms with Crippen LogP contribution >= 0.6 is 0 Å². The molecule has 1 saturated heterocycles. The number of para-hydroxylation sites is 1. The molecule has 9 heteroatoms. The van der Waals surface area contributed by atoms with Gasteiger partial charge < -0.3 is 10.2 Å². The first-order chi connectivity index (χ1) is 16.7. The number of benzene rings is 2. The predicted molar refractivity (Wildman–Crippen MR) is 133 cm³/mol. The van der Waals surface area contributed by atoms with E-state index in [2.05, 4.69) is 16.2 Å². The summed E-state index contributed by atoms with van der Waals surface area (Å²) in [5, 5.41) is 3.05. The van der Waals surface area contributed by atoms with Crippen LogP contribution in [0.15, 0.2) is 42.5 Å². The Labute approximate surface area is 204 Å². The van der Waals surface area contributed by atoms with Gasteiger partial charge in [0.25, 0.3) is 11.8 Å². The first-order valence-electron chi connectivity index (χ1n) is 11.8. The van der Waals surface area contributed by atoms with E-state index in [4.69, 9.17) is 0 Å². The Hall–Kier alpha value is -3.88. The molecule has 0 saturated carbocycles. The predicted octanol–water partition coefficient (Wildman–Crippen LogP) is 2.64. The molecule has 2 aliphatic rings. The number of aryl methyl sites for hydroxylation is 2. The van der Waals surface area contributed by atoms with Gasteiger partial charge in [0.05, 0.1) is 17.8 Å². The topological polar surface area (TPSA) is 111 Å². The highest BCUT2D eigenvalue weighted by atomic mass is 16.2. The van der Waals surface area contributed by atoms with Gasteiger partial charge in [0.15, 0.2) is 0 Å². The lowest BCUT2D eigenvalue weighted by Gasteiger charge is -2.48. The van der Waals surface area contributed by atoms with Gasteiger partial charge in [-0.3, -0.25) is 34.9 Å². The molecule has 1 fully saturated rings. The molecule has 0 radical (unpaired) electrons. The molecule has 0 aliphatic carbocycles. The summed E-state index contributed by atoms with van der Waals surface area (Å²) in [6.07, 6.45) is 1.44. The Kier molecular flexibility index (Phi) is 6.77. The molecular formula is C26H31N5O4. The van der Waals surface area contributed by atoms with Gasteiger partial charge in [0, 0.05) is 25.1 Å². The van der Waals surface area contributed by atoms with Gasteiger partial charge in [-0.25, -0.2) is 0 Å². The highest BCUT2D eigenvalue weighted by molar-refractivity contribution is 6.10. The maximum Gasteiger partial charge on any atom is 0.257 e. The quantitative estimate of drug-likeness (QED) is 0.531. The highest BCUT2D eigenvalue weighted by Crippen LogP contribution is 2.44. The summed E-state index contributed by atoms with van der Waals surface area (Å²) < 4.78 is 0. The lowest BCUT2D eigenvalue weighted by molar-refractivity contribution is -0.128. The van der Waals surface area contributed by atoms with Crippen molar-refractivity contribution in [1.82, 2.24) is 15.8 Å². The van der Waals surface area contributed by atoms with E-state index in [9.17, 15) is 19.2 Å². The Morgan fingerprint density at radius 1 is 1.03 bits per heavy atom. The standard InChI is InChI=1S/C26H31N5O4/c1-17-10-11-20(18(2)15-17)27-16-23(33)29-28-22(32)9-6-14-30-25(35)19-7-4-5-8-21(19)31-24(34)12-13-26(30,31)3/h4-5,7-8,10-11,15,27H,6,9,12-14,16H2,1-3H3,(H,28,32)(H,29,33). The fourth-order valence-corrected chi connectivity index (χ4v) is 4.87. The van der Waals surface area contributed by atoms with E-state index in [0.29, 0.717) is 37.1 Å². The minimum Gasteiger partial charge on any atom is -0.376 e. The first-order valence-corrected chi connectivity index (χ1v) is 11.8. The minimum atomic E-state index is -0.743. The number of fused-ring (bicyclic) bond motifs is 3. The SMILES string of the molecule is Cc1ccc(NCC(=O)NNC(=O)CCCN2C(=O)c3ccccc3N3C(=O)CCC23C)c(C)c1. The van der Waals surface area contributed by atoms with Gasteiger partial charge in [0.2, 0.25) is 11.8 Å². The van der Waals surface area contributed by atoms with E-state index in [-0.39, 0.29) is 36.6 Å². The van der Waals surface area contributed by atoms with Crippen molar-refractivity contribution in [2.45, 2.75) is 52.1 Å². The van der Waals surface area contributed by atoms with Crippen molar-refractivity contribution in [3.8, 4) is 0 Å². The van der Waals surface area contributed by atoms with Crippen molar-refractivity contribution in [2.24, 2.45) is 0 Å². The average molecular weight is 478 g/mol. The van der Waals surface area contributed by atoms with Crippen LogP contribution in [0.25, 0.3) is 0 Å². The lowest BCUT2D eigenvalue weighted by atomic mass is 9.98. The van der Waals surface area contributed by atoms with Gasteiger partial charge in [0.1, 0.15) is 5.66 Å². The summed E-state index contributed by atoms with van der Waals surface area (Å²) in [4.78, 5) is 53.6. The zero-order valence-corrected chi connectivity index (χ0v) is 20.3. The molecule has 3 N–H and O–H groups in total. The summed E-state index contributed by atoms with van der Waals surface area (Å²) in [6.45, 7) is 6.20. The minimum absolute atomic E-state index is 0.00709. The second-order valence-electron chi connectivity index (χ2n) is 9.29. The summed E-state index contributed by atoms with van der Waals surface area (Å²) in [5.74, 6) is -0.861. The fraction of sp³-hybridized carbons (Fsp3) is 0.385. The van der Waals surface area contributed by atoms with Gasteiger partial charge in [-0.15, -0.1) is 0 Å². The first kappa shape index (κ1) is 24.3. The van der Waals surface area contributed by atoms with Crippen LogP contribution in [0, 0.1) is 13.8 Å². The number of carbonyl (C=O) groups is 4. The average Bonchev–Trinajstić information content (AvgIpc) is 3.14. The molecule has 4 rings (SSSR count). The molecule has 1 unspecified atom stereocenters. The molecule has 2 heterocycles.